The molecule has 0 unspecified atom stereocenters. The Labute approximate surface area is 122 Å². The van der Waals surface area contributed by atoms with Crippen LogP contribution in [0.2, 0.25) is 0 Å². The molecule has 1 fully saturated rings. The van der Waals surface area contributed by atoms with Crippen molar-refractivity contribution in [3.05, 3.63) is 72.3 Å². The van der Waals surface area contributed by atoms with Gasteiger partial charge in [-0.2, -0.15) is 0 Å². The van der Waals surface area contributed by atoms with Gasteiger partial charge < -0.3 is 9.30 Å². The van der Waals surface area contributed by atoms with E-state index < -0.39 is 0 Å². The summed E-state index contributed by atoms with van der Waals surface area (Å²) in [6.07, 6.45) is 3.74. The first kappa shape index (κ1) is 12.1. The highest BCUT2D eigenvalue weighted by atomic mass is 16.2. The summed E-state index contributed by atoms with van der Waals surface area (Å²) in [4.78, 5) is 18.8. The molecule has 0 spiro atoms. The summed E-state index contributed by atoms with van der Waals surface area (Å²) in [7, 11) is 0. The summed E-state index contributed by atoms with van der Waals surface area (Å²) in [5, 5.41) is 0. The molecule has 4 heteroatoms. The van der Waals surface area contributed by atoms with E-state index in [4.69, 9.17) is 0 Å². The van der Waals surface area contributed by atoms with Gasteiger partial charge in [0.2, 0.25) is 0 Å². The summed E-state index contributed by atoms with van der Waals surface area (Å²) >= 11 is 0. The summed E-state index contributed by atoms with van der Waals surface area (Å²) in [5.74, 6) is 0.453. The molecule has 4 heterocycles. The van der Waals surface area contributed by atoms with E-state index in [2.05, 4.69) is 4.98 Å². The number of carbonyl (C=O) groups excluding carboxylic acids is 1. The van der Waals surface area contributed by atoms with Crippen LogP contribution in [0, 0.1) is 0 Å². The first-order chi connectivity index (χ1) is 10.3. The number of carbonyl (C=O) groups is 1. The van der Waals surface area contributed by atoms with Crippen LogP contribution in [0.4, 0.5) is 0 Å². The molecule has 1 aliphatic rings. The summed E-state index contributed by atoms with van der Waals surface area (Å²) < 4.78 is 1.94. The number of fused-ring (bicyclic) bond motifs is 1. The van der Waals surface area contributed by atoms with E-state index in [1.807, 2.05) is 64.0 Å². The molecule has 0 N–H and O–H groups in total. The van der Waals surface area contributed by atoms with Gasteiger partial charge in [0.05, 0.1) is 0 Å². The van der Waals surface area contributed by atoms with Gasteiger partial charge in [0, 0.05) is 42.6 Å². The first-order valence-electron chi connectivity index (χ1n) is 7.09. The molecule has 4 nitrogen and oxygen atoms in total. The van der Waals surface area contributed by atoms with E-state index in [1.54, 1.807) is 6.20 Å². The molecule has 0 radical (unpaired) electrons. The van der Waals surface area contributed by atoms with Crippen LogP contribution in [0.15, 0.2) is 60.9 Å². The van der Waals surface area contributed by atoms with Crippen molar-refractivity contribution in [2.45, 2.75) is 5.92 Å². The topological polar surface area (TPSA) is 37.6 Å². The van der Waals surface area contributed by atoms with Crippen molar-refractivity contribution in [1.82, 2.24) is 14.3 Å². The second-order valence-corrected chi connectivity index (χ2v) is 5.38. The lowest BCUT2D eigenvalue weighted by molar-refractivity contribution is 0.0591. The molecule has 0 aliphatic carbocycles. The van der Waals surface area contributed by atoms with Crippen molar-refractivity contribution in [2.75, 3.05) is 13.1 Å². The van der Waals surface area contributed by atoms with Crippen molar-refractivity contribution in [2.24, 2.45) is 0 Å². The highest BCUT2D eigenvalue weighted by Crippen LogP contribution is 2.27. The molecule has 0 aromatic carbocycles. The smallest absolute Gasteiger partial charge is 0.270 e. The predicted molar refractivity (Wildman–Crippen MR) is 80.3 cm³/mol. The van der Waals surface area contributed by atoms with E-state index >= 15 is 0 Å². The van der Waals surface area contributed by atoms with E-state index in [9.17, 15) is 4.79 Å². The fourth-order valence-corrected chi connectivity index (χ4v) is 2.84. The Hall–Kier alpha value is -2.62. The number of aromatic nitrogens is 2. The Morgan fingerprint density at radius 3 is 2.71 bits per heavy atom. The molecule has 21 heavy (non-hydrogen) atoms. The first-order valence-corrected chi connectivity index (χ1v) is 7.09. The molecule has 104 valence electrons. The molecule has 1 amide bonds. The minimum atomic E-state index is 0.0911. The van der Waals surface area contributed by atoms with Crippen LogP contribution in [0.25, 0.3) is 5.52 Å². The third kappa shape index (κ3) is 2.00. The lowest BCUT2D eigenvalue weighted by Gasteiger charge is -2.38. The van der Waals surface area contributed by atoms with Gasteiger partial charge in [-0.3, -0.25) is 9.78 Å². The van der Waals surface area contributed by atoms with Gasteiger partial charge in [0.15, 0.2) is 0 Å². The lowest BCUT2D eigenvalue weighted by atomic mass is 9.95. The second-order valence-electron chi connectivity index (χ2n) is 5.38. The number of hydrogen-bond acceptors (Lipinski definition) is 2. The molecule has 0 saturated carbocycles. The average Bonchev–Trinajstić information content (AvgIpc) is 2.90. The number of likely N-dealkylation sites (tertiary alicyclic amines) is 1. The average molecular weight is 277 g/mol. The molecule has 1 aliphatic heterocycles. The molecule has 0 bridgehead atoms. The Morgan fingerprint density at radius 1 is 1.05 bits per heavy atom. The Balaban J connectivity index is 1.53. The minimum absolute atomic E-state index is 0.0911. The summed E-state index contributed by atoms with van der Waals surface area (Å²) in [6.45, 7) is 1.49. The van der Waals surface area contributed by atoms with E-state index in [-0.39, 0.29) is 5.91 Å². The zero-order valence-electron chi connectivity index (χ0n) is 11.5. The highest BCUT2D eigenvalue weighted by molar-refractivity contribution is 5.94. The van der Waals surface area contributed by atoms with Crippen molar-refractivity contribution in [3.63, 3.8) is 0 Å². The SMILES string of the molecule is O=C(c1ccc2ccccn12)N1CC(c2ccccn2)C1. The number of pyridine rings is 2. The Bertz CT molecular complexity index is 788. The maximum absolute atomic E-state index is 12.6. The van der Waals surface area contributed by atoms with Gasteiger partial charge in [-0.1, -0.05) is 12.1 Å². The van der Waals surface area contributed by atoms with Gasteiger partial charge in [-0.25, -0.2) is 0 Å². The van der Waals surface area contributed by atoms with Crippen LogP contribution in [0.3, 0.4) is 0 Å². The van der Waals surface area contributed by atoms with Crippen LogP contribution >= 0.6 is 0 Å². The highest BCUT2D eigenvalue weighted by Gasteiger charge is 2.33. The second kappa shape index (κ2) is 4.74. The maximum Gasteiger partial charge on any atom is 0.270 e. The number of nitrogens with zero attached hydrogens (tertiary/aromatic N) is 3. The number of amides is 1. The maximum atomic E-state index is 12.6. The Kier molecular flexibility index (Phi) is 2.74. The number of rotatable bonds is 2. The summed E-state index contributed by atoms with van der Waals surface area (Å²) in [5.41, 5.74) is 2.84. The standard InChI is InChI=1S/C17H15N3O/c21-17(16-8-7-14-5-2-4-10-20(14)16)19-11-13(12-19)15-6-1-3-9-18-15/h1-10,13H,11-12H2. The monoisotopic (exact) mass is 277 g/mol. The van der Waals surface area contributed by atoms with E-state index in [0.29, 0.717) is 5.92 Å². The van der Waals surface area contributed by atoms with E-state index in [1.165, 1.54) is 0 Å². The molecule has 3 aromatic rings. The Morgan fingerprint density at radius 2 is 1.90 bits per heavy atom. The van der Waals surface area contributed by atoms with Crippen LogP contribution in [0.1, 0.15) is 22.1 Å². The van der Waals surface area contributed by atoms with Crippen LogP contribution in [-0.2, 0) is 0 Å². The minimum Gasteiger partial charge on any atom is -0.336 e. The van der Waals surface area contributed by atoms with Gasteiger partial charge in [0.1, 0.15) is 5.69 Å². The quantitative estimate of drug-likeness (QED) is 0.722. The lowest BCUT2D eigenvalue weighted by Crippen LogP contribution is -2.49. The molecule has 1 saturated heterocycles. The number of hydrogen-bond donors (Lipinski definition) is 0. The van der Waals surface area contributed by atoms with Crippen molar-refractivity contribution >= 4 is 11.4 Å². The fourth-order valence-electron chi connectivity index (χ4n) is 2.84. The molecule has 3 aromatic heterocycles. The molecule has 0 atom stereocenters. The third-order valence-electron chi connectivity index (χ3n) is 4.06. The third-order valence-corrected chi connectivity index (χ3v) is 4.06. The largest absolute Gasteiger partial charge is 0.336 e. The zero-order chi connectivity index (χ0) is 14.2. The van der Waals surface area contributed by atoms with Gasteiger partial charge >= 0.3 is 0 Å². The normalized spacial score (nSPS) is 15.1. The molecule has 4 rings (SSSR count). The summed E-state index contributed by atoms with van der Waals surface area (Å²) in [6, 6.07) is 15.7. The van der Waals surface area contributed by atoms with Gasteiger partial charge in [-0.15, -0.1) is 0 Å². The van der Waals surface area contributed by atoms with Crippen molar-refractivity contribution in [3.8, 4) is 0 Å². The van der Waals surface area contributed by atoms with Crippen LogP contribution < -0.4 is 0 Å². The van der Waals surface area contributed by atoms with Gasteiger partial charge in [-0.05, 0) is 36.4 Å². The molecular weight excluding hydrogens is 262 g/mol. The zero-order valence-corrected chi connectivity index (χ0v) is 11.5. The van der Waals surface area contributed by atoms with E-state index in [0.717, 1.165) is 30.0 Å². The predicted octanol–water partition coefficient (Wildman–Crippen LogP) is 2.57. The fraction of sp³-hybridized carbons (Fsp3) is 0.176. The van der Waals surface area contributed by atoms with Crippen molar-refractivity contribution in [1.29, 1.82) is 0 Å². The van der Waals surface area contributed by atoms with Crippen molar-refractivity contribution < 1.29 is 4.79 Å². The van der Waals surface area contributed by atoms with Gasteiger partial charge in [0.25, 0.3) is 5.91 Å². The van der Waals surface area contributed by atoms with Crippen LogP contribution in [0.5, 0.6) is 0 Å². The molecular formula is C17H15N3O. The van der Waals surface area contributed by atoms with Crippen LogP contribution in [-0.4, -0.2) is 33.3 Å².